The summed E-state index contributed by atoms with van der Waals surface area (Å²) in [5.74, 6) is 0.975. The first-order chi connectivity index (χ1) is 9.70. The molecule has 0 heterocycles. The summed E-state index contributed by atoms with van der Waals surface area (Å²) in [6.07, 6.45) is 4.34. The lowest BCUT2D eigenvalue weighted by atomic mass is 9.79. The Kier molecular flexibility index (Phi) is 6.49. The third kappa shape index (κ3) is 4.55. The van der Waals surface area contributed by atoms with Gasteiger partial charge in [0.2, 0.25) is 0 Å². The highest BCUT2D eigenvalue weighted by Crippen LogP contribution is 2.29. The van der Waals surface area contributed by atoms with Crippen molar-refractivity contribution < 1.29 is 10.2 Å². The van der Waals surface area contributed by atoms with Crippen LogP contribution in [0.4, 0.5) is 0 Å². The maximum Gasteiger partial charge on any atom is 0.0914 e. The molecule has 3 N–H and O–H groups in total. The number of rotatable bonds is 6. The molecule has 0 aliphatic heterocycles. The van der Waals surface area contributed by atoms with E-state index in [0.29, 0.717) is 25.0 Å². The van der Waals surface area contributed by atoms with Crippen molar-refractivity contribution in [2.75, 3.05) is 19.7 Å². The van der Waals surface area contributed by atoms with E-state index in [1.54, 1.807) is 0 Å². The van der Waals surface area contributed by atoms with Gasteiger partial charge >= 0.3 is 0 Å². The van der Waals surface area contributed by atoms with Gasteiger partial charge in [0, 0.05) is 17.6 Å². The molecule has 1 aliphatic carbocycles. The summed E-state index contributed by atoms with van der Waals surface area (Å²) in [5, 5.41) is 22.9. The minimum absolute atomic E-state index is 0.292. The molecule has 1 aromatic rings. The average molecular weight is 342 g/mol. The molecule has 2 rings (SSSR count). The molecule has 1 fully saturated rings. The van der Waals surface area contributed by atoms with Crippen molar-refractivity contribution in [1.29, 1.82) is 0 Å². The topological polar surface area (TPSA) is 52.5 Å². The summed E-state index contributed by atoms with van der Waals surface area (Å²) < 4.78 is 0.988. The largest absolute Gasteiger partial charge is 0.396 e. The summed E-state index contributed by atoms with van der Waals surface area (Å²) in [6.45, 7) is 1.74. The van der Waals surface area contributed by atoms with Crippen LogP contribution < -0.4 is 5.32 Å². The zero-order chi connectivity index (χ0) is 14.4. The number of benzene rings is 1. The van der Waals surface area contributed by atoms with E-state index in [0.717, 1.165) is 23.0 Å². The summed E-state index contributed by atoms with van der Waals surface area (Å²) in [4.78, 5) is 0. The van der Waals surface area contributed by atoms with Gasteiger partial charge in [0.1, 0.15) is 0 Å². The lowest BCUT2D eigenvalue weighted by Crippen LogP contribution is -2.34. The smallest absolute Gasteiger partial charge is 0.0914 e. The van der Waals surface area contributed by atoms with Crippen LogP contribution in [0.2, 0.25) is 0 Å². The van der Waals surface area contributed by atoms with E-state index in [1.165, 1.54) is 19.3 Å². The molecule has 1 saturated carbocycles. The molecular weight excluding hydrogens is 318 g/mol. The van der Waals surface area contributed by atoms with Gasteiger partial charge in [0.25, 0.3) is 0 Å². The molecule has 20 heavy (non-hydrogen) atoms. The molecule has 3 nitrogen and oxygen atoms in total. The third-order valence-corrected chi connectivity index (χ3v) is 4.77. The molecule has 0 bridgehead atoms. The second kappa shape index (κ2) is 8.13. The van der Waals surface area contributed by atoms with Crippen LogP contribution in [0.1, 0.15) is 37.4 Å². The van der Waals surface area contributed by atoms with Gasteiger partial charge in [-0.25, -0.2) is 0 Å². The summed E-state index contributed by atoms with van der Waals surface area (Å²) >= 11 is 3.42. The highest BCUT2D eigenvalue weighted by Gasteiger charge is 2.24. The van der Waals surface area contributed by atoms with Crippen LogP contribution in [0.15, 0.2) is 28.7 Å². The Bertz CT molecular complexity index is 413. The van der Waals surface area contributed by atoms with Crippen molar-refractivity contribution in [3.05, 3.63) is 34.3 Å². The number of aliphatic hydroxyl groups excluding tert-OH is 2. The zero-order valence-electron chi connectivity index (χ0n) is 11.8. The van der Waals surface area contributed by atoms with Crippen LogP contribution in [0.3, 0.4) is 0 Å². The maximum absolute atomic E-state index is 10.2. The van der Waals surface area contributed by atoms with E-state index in [9.17, 15) is 10.2 Å². The van der Waals surface area contributed by atoms with Gasteiger partial charge in [-0.15, -0.1) is 0 Å². The van der Waals surface area contributed by atoms with Crippen molar-refractivity contribution in [3.63, 3.8) is 0 Å². The van der Waals surface area contributed by atoms with E-state index in [-0.39, 0.29) is 0 Å². The Morgan fingerprint density at radius 2 is 2.00 bits per heavy atom. The highest BCUT2D eigenvalue weighted by atomic mass is 79.9. The predicted octanol–water partition coefficient (Wildman–Crippen LogP) is 2.87. The molecule has 0 aromatic heterocycles. The minimum Gasteiger partial charge on any atom is -0.396 e. The molecule has 0 radical (unpaired) electrons. The number of aliphatic hydroxyl groups is 2. The monoisotopic (exact) mass is 341 g/mol. The number of nitrogens with one attached hydrogen (secondary N) is 1. The van der Waals surface area contributed by atoms with E-state index in [1.807, 2.05) is 24.3 Å². The fraction of sp³-hybridized carbons (Fsp3) is 0.625. The van der Waals surface area contributed by atoms with Gasteiger partial charge in [-0.3, -0.25) is 0 Å². The summed E-state index contributed by atoms with van der Waals surface area (Å²) in [5.41, 5.74) is 0.925. The molecule has 112 valence electrons. The summed E-state index contributed by atoms with van der Waals surface area (Å²) in [6, 6.07) is 7.78. The minimum atomic E-state index is -0.483. The quantitative estimate of drug-likeness (QED) is 0.745. The standard InChI is InChI=1S/C16H24BrNO2/c17-15-7-3-6-12(8-15)16(20)10-18-9-13-4-1-2-5-14(13)11-19/h3,6-8,13-14,16,18-20H,1-2,4-5,9-11H2. The SMILES string of the molecule is OCC1CCCCC1CNCC(O)c1cccc(Br)c1. The number of hydrogen-bond donors (Lipinski definition) is 3. The van der Waals surface area contributed by atoms with Gasteiger partial charge < -0.3 is 15.5 Å². The second-order valence-corrected chi connectivity index (χ2v) is 6.63. The molecule has 1 aliphatic rings. The third-order valence-electron chi connectivity index (χ3n) is 4.28. The molecule has 3 atom stereocenters. The molecular formula is C16H24BrNO2. The van der Waals surface area contributed by atoms with Crippen LogP contribution in [0, 0.1) is 11.8 Å². The number of halogens is 1. The number of hydrogen-bond acceptors (Lipinski definition) is 3. The van der Waals surface area contributed by atoms with Crippen molar-refractivity contribution in [1.82, 2.24) is 5.32 Å². The highest BCUT2D eigenvalue weighted by molar-refractivity contribution is 9.10. The van der Waals surface area contributed by atoms with Gasteiger partial charge in [-0.05, 0) is 48.9 Å². The fourth-order valence-electron chi connectivity index (χ4n) is 3.03. The molecule has 1 aromatic carbocycles. The van der Waals surface area contributed by atoms with Crippen molar-refractivity contribution in [2.24, 2.45) is 11.8 Å². The predicted molar refractivity (Wildman–Crippen MR) is 84.5 cm³/mol. The van der Waals surface area contributed by atoms with E-state index < -0.39 is 6.10 Å². The van der Waals surface area contributed by atoms with Crippen LogP contribution in [0.5, 0.6) is 0 Å². The van der Waals surface area contributed by atoms with Crippen LogP contribution in [0.25, 0.3) is 0 Å². The van der Waals surface area contributed by atoms with Gasteiger partial charge in [-0.2, -0.15) is 0 Å². The van der Waals surface area contributed by atoms with Crippen LogP contribution in [-0.2, 0) is 0 Å². The fourth-order valence-corrected chi connectivity index (χ4v) is 3.45. The van der Waals surface area contributed by atoms with Gasteiger partial charge in [0.05, 0.1) is 6.10 Å². The van der Waals surface area contributed by atoms with Crippen molar-refractivity contribution in [3.8, 4) is 0 Å². The van der Waals surface area contributed by atoms with Crippen molar-refractivity contribution >= 4 is 15.9 Å². The Hall–Kier alpha value is -0.420. The first-order valence-corrected chi connectivity index (χ1v) is 8.25. The second-order valence-electron chi connectivity index (χ2n) is 5.72. The molecule has 0 spiro atoms. The van der Waals surface area contributed by atoms with E-state index in [4.69, 9.17) is 0 Å². The first kappa shape index (κ1) is 16.0. The summed E-state index contributed by atoms with van der Waals surface area (Å²) in [7, 11) is 0. The lowest BCUT2D eigenvalue weighted by Gasteiger charge is -2.30. The van der Waals surface area contributed by atoms with Gasteiger partial charge in [0.15, 0.2) is 0 Å². The molecule has 0 amide bonds. The Morgan fingerprint density at radius 1 is 1.25 bits per heavy atom. The van der Waals surface area contributed by atoms with E-state index >= 15 is 0 Å². The Morgan fingerprint density at radius 3 is 2.70 bits per heavy atom. The van der Waals surface area contributed by atoms with E-state index in [2.05, 4.69) is 21.2 Å². The molecule has 4 heteroatoms. The van der Waals surface area contributed by atoms with Crippen molar-refractivity contribution in [2.45, 2.75) is 31.8 Å². The van der Waals surface area contributed by atoms with Crippen LogP contribution in [-0.4, -0.2) is 29.9 Å². The molecule has 3 unspecified atom stereocenters. The Balaban J connectivity index is 1.77. The molecule has 0 saturated heterocycles. The normalized spacial score (nSPS) is 24.6. The first-order valence-electron chi connectivity index (χ1n) is 7.46. The van der Waals surface area contributed by atoms with Crippen LogP contribution >= 0.6 is 15.9 Å². The average Bonchev–Trinajstić information content (AvgIpc) is 2.47. The zero-order valence-corrected chi connectivity index (χ0v) is 13.3. The Labute approximate surface area is 129 Å². The maximum atomic E-state index is 10.2. The van der Waals surface area contributed by atoms with Gasteiger partial charge in [-0.1, -0.05) is 40.9 Å². The lowest BCUT2D eigenvalue weighted by molar-refractivity contribution is 0.125.